The van der Waals surface area contributed by atoms with Crippen LogP contribution in [0, 0.1) is 32.6 Å². The number of aryl methyl sites for hydroxylation is 3. The van der Waals surface area contributed by atoms with Gasteiger partial charge in [-0.05, 0) is 57.2 Å². The Morgan fingerprint density at radius 1 is 1.10 bits per heavy atom. The van der Waals surface area contributed by atoms with Gasteiger partial charge in [-0.25, -0.2) is 8.42 Å². The van der Waals surface area contributed by atoms with Crippen molar-refractivity contribution < 1.29 is 13.2 Å². The monoisotopic (exact) mass is 434 g/mol. The van der Waals surface area contributed by atoms with E-state index in [0.717, 1.165) is 17.0 Å². The molecular formula is C22H34N4O3S. The fourth-order valence-electron chi connectivity index (χ4n) is 3.27. The lowest BCUT2D eigenvalue weighted by molar-refractivity contribution is -0.123. The van der Waals surface area contributed by atoms with E-state index in [4.69, 9.17) is 0 Å². The number of amides is 1. The van der Waals surface area contributed by atoms with E-state index in [1.165, 1.54) is 0 Å². The quantitative estimate of drug-likeness (QED) is 0.601. The molecule has 2 aromatic rings. The number of nitrogens with zero attached hydrogens (tertiary/aromatic N) is 2. The van der Waals surface area contributed by atoms with Crippen LogP contribution in [0.5, 0.6) is 0 Å². The van der Waals surface area contributed by atoms with Crippen molar-refractivity contribution in [1.29, 1.82) is 0 Å². The third-order valence-electron chi connectivity index (χ3n) is 4.87. The molecule has 166 valence electrons. The Kier molecular flexibility index (Phi) is 8.20. The highest BCUT2D eigenvalue weighted by Gasteiger charge is 2.26. The summed E-state index contributed by atoms with van der Waals surface area (Å²) in [4.78, 5) is 13.0. The highest BCUT2D eigenvalue weighted by Crippen LogP contribution is 2.14. The molecule has 0 fully saturated rings. The molecule has 1 amide bonds. The van der Waals surface area contributed by atoms with E-state index in [0.29, 0.717) is 19.5 Å². The zero-order chi connectivity index (χ0) is 22.5. The molecule has 0 bridgehead atoms. The molecule has 0 aliphatic heterocycles. The number of aromatic nitrogens is 2. The van der Waals surface area contributed by atoms with Gasteiger partial charge in [-0.15, -0.1) is 0 Å². The molecule has 0 aliphatic rings. The second-order valence-corrected chi connectivity index (χ2v) is 10.3. The van der Waals surface area contributed by atoms with Crippen LogP contribution in [0.3, 0.4) is 0 Å². The number of carbonyl (C=O) groups is 1. The summed E-state index contributed by atoms with van der Waals surface area (Å²) in [5, 5.41) is 7.36. The molecule has 0 radical (unpaired) electrons. The van der Waals surface area contributed by atoms with Crippen molar-refractivity contribution in [2.45, 2.75) is 65.4 Å². The van der Waals surface area contributed by atoms with Crippen molar-refractivity contribution in [3.63, 3.8) is 0 Å². The van der Waals surface area contributed by atoms with Crippen LogP contribution in [-0.2, 0) is 21.4 Å². The highest BCUT2D eigenvalue weighted by atomic mass is 32.2. The number of sulfonamides is 1. The summed E-state index contributed by atoms with van der Waals surface area (Å²) in [5.74, 6) is 0.00792. The van der Waals surface area contributed by atoms with Crippen LogP contribution in [0.25, 0.3) is 0 Å². The van der Waals surface area contributed by atoms with Crippen molar-refractivity contribution in [2.75, 3.05) is 6.54 Å². The number of carbonyl (C=O) groups excluding carboxylic acids is 1. The van der Waals surface area contributed by atoms with Crippen molar-refractivity contribution in [2.24, 2.45) is 11.8 Å². The standard InChI is InChI=1S/C22H34N4O3S/c1-15(2)11-21(25-30(28,29)20-9-7-16(3)8-10-20)22(27)23-13-17(4)14-26-19(6)12-18(5)24-26/h7-10,12,15,17,21,25H,11,13-14H2,1-6H3,(H,23,27). The maximum Gasteiger partial charge on any atom is 0.241 e. The first-order chi connectivity index (χ1) is 14.0. The Balaban J connectivity index is 2.02. The molecule has 0 saturated heterocycles. The molecule has 0 saturated carbocycles. The van der Waals surface area contributed by atoms with E-state index >= 15 is 0 Å². The largest absolute Gasteiger partial charge is 0.354 e. The lowest BCUT2D eigenvalue weighted by Gasteiger charge is -2.21. The van der Waals surface area contributed by atoms with Gasteiger partial charge in [0.25, 0.3) is 0 Å². The van der Waals surface area contributed by atoms with Crippen molar-refractivity contribution >= 4 is 15.9 Å². The molecule has 1 aromatic heterocycles. The SMILES string of the molecule is Cc1ccc(S(=O)(=O)NC(CC(C)C)C(=O)NCC(C)Cn2nc(C)cc2C)cc1. The molecule has 2 atom stereocenters. The molecule has 2 unspecified atom stereocenters. The van der Waals surface area contributed by atoms with Crippen molar-refractivity contribution in [3.8, 4) is 0 Å². The number of hydrogen-bond donors (Lipinski definition) is 2. The molecule has 7 nitrogen and oxygen atoms in total. The minimum absolute atomic E-state index is 0.153. The zero-order valence-corrected chi connectivity index (χ0v) is 19.6. The lowest BCUT2D eigenvalue weighted by atomic mass is 10.0. The van der Waals surface area contributed by atoms with Gasteiger partial charge in [0.1, 0.15) is 6.04 Å². The van der Waals surface area contributed by atoms with Gasteiger partial charge < -0.3 is 5.32 Å². The molecule has 0 aliphatic carbocycles. The Hall–Kier alpha value is -2.19. The van der Waals surface area contributed by atoms with Crippen molar-refractivity contribution in [1.82, 2.24) is 19.8 Å². The lowest BCUT2D eigenvalue weighted by Crippen LogP contribution is -2.48. The fourth-order valence-corrected chi connectivity index (χ4v) is 4.48. The van der Waals surface area contributed by atoms with Gasteiger partial charge in [-0.3, -0.25) is 9.48 Å². The molecule has 1 heterocycles. The summed E-state index contributed by atoms with van der Waals surface area (Å²) in [7, 11) is -3.78. The predicted molar refractivity (Wildman–Crippen MR) is 119 cm³/mol. The van der Waals surface area contributed by atoms with Gasteiger partial charge in [-0.1, -0.05) is 38.5 Å². The van der Waals surface area contributed by atoms with Gasteiger partial charge >= 0.3 is 0 Å². The topological polar surface area (TPSA) is 93.1 Å². The van der Waals surface area contributed by atoms with E-state index in [1.54, 1.807) is 24.3 Å². The first-order valence-electron chi connectivity index (χ1n) is 10.4. The second-order valence-electron chi connectivity index (χ2n) is 8.58. The Bertz CT molecular complexity index is 949. The summed E-state index contributed by atoms with van der Waals surface area (Å²) >= 11 is 0. The van der Waals surface area contributed by atoms with Crippen LogP contribution in [0.2, 0.25) is 0 Å². The van der Waals surface area contributed by atoms with E-state index in [1.807, 2.05) is 52.3 Å². The molecule has 0 spiro atoms. The van der Waals surface area contributed by atoms with Crippen LogP contribution in [0.15, 0.2) is 35.2 Å². The van der Waals surface area contributed by atoms with Crippen LogP contribution < -0.4 is 10.0 Å². The normalized spacial score (nSPS) is 14.0. The van der Waals surface area contributed by atoms with Crippen LogP contribution >= 0.6 is 0 Å². The Morgan fingerprint density at radius 2 is 1.73 bits per heavy atom. The first-order valence-corrected chi connectivity index (χ1v) is 11.8. The average Bonchev–Trinajstić information content (AvgIpc) is 2.95. The summed E-state index contributed by atoms with van der Waals surface area (Å²) in [6.45, 7) is 12.9. The molecule has 2 rings (SSSR count). The first kappa shape index (κ1) is 24.1. The van der Waals surface area contributed by atoms with Gasteiger partial charge in [0.05, 0.1) is 10.6 Å². The van der Waals surface area contributed by atoms with Gasteiger partial charge in [-0.2, -0.15) is 9.82 Å². The number of hydrogen-bond acceptors (Lipinski definition) is 4. The number of nitrogens with one attached hydrogen (secondary N) is 2. The molecule has 30 heavy (non-hydrogen) atoms. The molecular weight excluding hydrogens is 400 g/mol. The van der Waals surface area contributed by atoms with Gasteiger partial charge in [0.15, 0.2) is 0 Å². The fraction of sp³-hybridized carbons (Fsp3) is 0.545. The van der Waals surface area contributed by atoms with Gasteiger partial charge in [0.2, 0.25) is 15.9 Å². The minimum atomic E-state index is -3.78. The smallest absolute Gasteiger partial charge is 0.241 e. The van der Waals surface area contributed by atoms with Crippen LogP contribution in [-0.4, -0.2) is 36.7 Å². The average molecular weight is 435 g/mol. The van der Waals surface area contributed by atoms with E-state index in [-0.39, 0.29) is 22.6 Å². The third kappa shape index (κ3) is 6.95. The zero-order valence-electron chi connectivity index (χ0n) is 18.8. The maximum absolute atomic E-state index is 12.8. The summed E-state index contributed by atoms with van der Waals surface area (Å²) in [5.41, 5.74) is 3.02. The van der Waals surface area contributed by atoms with Crippen molar-refractivity contribution in [3.05, 3.63) is 47.3 Å². The maximum atomic E-state index is 12.8. The molecule has 8 heteroatoms. The molecule has 2 N–H and O–H groups in total. The Morgan fingerprint density at radius 3 is 2.27 bits per heavy atom. The van der Waals surface area contributed by atoms with E-state index in [9.17, 15) is 13.2 Å². The Labute approximate surface area is 180 Å². The number of rotatable bonds is 10. The molecule has 1 aromatic carbocycles. The van der Waals surface area contributed by atoms with E-state index in [2.05, 4.69) is 15.1 Å². The summed E-state index contributed by atoms with van der Waals surface area (Å²) in [6.07, 6.45) is 0.419. The minimum Gasteiger partial charge on any atom is -0.354 e. The third-order valence-corrected chi connectivity index (χ3v) is 6.35. The van der Waals surface area contributed by atoms with E-state index < -0.39 is 16.1 Å². The summed E-state index contributed by atoms with van der Waals surface area (Å²) in [6, 6.07) is 7.79. The summed E-state index contributed by atoms with van der Waals surface area (Å²) < 4.78 is 30.0. The van der Waals surface area contributed by atoms with Crippen LogP contribution in [0.4, 0.5) is 0 Å². The van der Waals surface area contributed by atoms with Crippen LogP contribution in [0.1, 0.15) is 44.1 Å². The van der Waals surface area contributed by atoms with Gasteiger partial charge in [0, 0.05) is 18.8 Å². The highest BCUT2D eigenvalue weighted by molar-refractivity contribution is 7.89. The predicted octanol–water partition coefficient (Wildman–Crippen LogP) is 2.95. The second kappa shape index (κ2) is 10.2. The number of benzene rings is 1.